The van der Waals surface area contributed by atoms with E-state index in [-0.39, 0.29) is 46.3 Å². The van der Waals surface area contributed by atoms with Gasteiger partial charge in [0.1, 0.15) is 47.0 Å². The second-order valence-electron chi connectivity index (χ2n) is 6.94. The highest BCUT2D eigenvalue weighted by Gasteiger charge is 2.15. The molecule has 0 bridgehead atoms. The summed E-state index contributed by atoms with van der Waals surface area (Å²) in [6.07, 6.45) is -1.11. The second kappa shape index (κ2) is 9.61. The highest BCUT2D eigenvalue weighted by atomic mass is 127. The molecule has 0 aliphatic carbocycles. The number of rotatable bonds is 8. The van der Waals surface area contributed by atoms with Crippen molar-refractivity contribution in [1.29, 1.82) is 0 Å². The summed E-state index contributed by atoms with van der Waals surface area (Å²) in [6.45, 7) is -0.440. The summed E-state index contributed by atoms with van der Waals surface area (Å²) < 4.78 is 24.8. The minimum Gasteiger partial charge on any atom is -0.491 e. The molecule has 1 aliphatic rings. The third-order valence-electron chi connectivity index (χ3n) is 4.54. The van der Waals surface area contributed by atoms with Crippen LogP contribution in [0.3, 0.4) is 0 Å². The van der Waals surface area contributed by atoms with Gasteiger partial charge in [-0.05, 0) is 18.2 Å². The quantitative estimate of drug-likeness (QED) is 0.311. The first kappa shape index (κ1) is 23.4. The molecule has 3 aromatic rings. The Kier molecular flexibility index (Phi) is 6.61. The topological polar surface area (TPSA) is 174 Å². The highest BCUT2D eigenvalue weighted by Crippen LogP contribution is 2.20. The minimum atomic E-state index is -1.36. The van der Waals surface area contributed by atoms with Gasteiger partial charge in [0.15, 0.2) is 10.9 Å². The zero-order valence-electron chi connectivity index (χ0n) is 17.0. The minimum absolute atomic E-state index is 0.0778. The largest absolute Gasteiger partial charge is 0.491 e. The molecule has 0 spiro atoms. The standard InChI is InChI=1S/C22H15IO11/c24-10(8-31-11-1-2-15-12(3-11)13(25)4-16(33-15)21(27)28)9-32-18-6-23-7-19-20(18)14(26)5-17(34-19)22(29)30/h1-7,10,24H,8-9H2,(H,27,28)(H,29,30). The molecule has 11 nitrogen and oxygen atoms in total. The van der Waals surface area contributed by atoms with Crippen LogP contribution in [0.25, 0.3) is 20.8 Å². The zero-order chi connectivity index (χ0) is 24.4. The number of aromatic carboxylic acids is 2. The maximum atomic E-state index is 12.3. The fourth-order valence-electron chi connectivity index (χ4n) is 3.00. The van der Waals surface area contributed by atoms with Crippen LogP contribution in [0.4, 0.5) is 0 Å². The first-order valence-corrected chi connectivity index (χ1v) is 12.0. The Morgan fingerprint density at radius 2 is 1.62 bits per heavy atom. The Bertz CT molecular complexity index is 1580. The number of aliphatic hydroxyl groups is 1. The molecule has 12 heteroatoms. The number of ether oxygens (including phenoxy) is 2. The van der Waals surface area contributed by atoms with E-state index in [2.05, 4.69) is 0 Å². The van der Waals surface area contributed by atoms with Crippen molar-refractivity contribution in [3.63, 3.8) is 0 Å². The molecule has 34 heavy (non-hydrogen) atoms. The van der Waals surface area contributed by atoms with Crippen LogP contribution in [0, 0.1) is 0 Å². The van der Waals surface area contributed by atoms with Gasteiger partial charge in [0.2, 0.25) is 11.5 Å². The maximum absolute atomic E-state index is 12.3. The lowest BCUT2D eigenvalue weighted by atomic mass is 10.2. The Morgan fingerprint density at radius 1 is 0.941 bits per heavy atom. The lowest BCUT2D eigenvalue weighted by Gasteiger charge is -2.15. The third-order valence-corrected chi connectivity index (χ3v) is 6.39. The molecule has 0 amide bonds. The van der Waals surface area contributed by atoms with E-state index in [1.54, 1.807) is 8.09 Å². The van der Waals surface area contributed by atoms with E-state index in [4.69, 9.17) is 28.5 Å². The van der Waals surface area contributed by atoms with Gasteiger partial charge >= 0.3 is 11.9 Å². The van der Waals surface area contributed by atoms with Crippen molar-refractivity contribution in [3.8, 4) is 5.75 Å². The number of carbonyl (C=O) groups is 2. The van der Waals surface area contributed by atoms with Crippen LogP contribution >= 0.6 is 20.7 Å². The van der Waals surface area contributed by atoms with Crippen LogP contribution in [0.15, 0.2) is 48.8 Å². The predicted octanol–water partition coefficient (Wildman–Crippen LogP) is 0.232. The number of benzene rings is 1. The van der Waals surface area contributed by atoms with Gasteiger partial charge in [-0.2, -0.15) is 0 Å². The summed E-state index contributed by atoms with van der Waals surface area (Å²) in [4.78, 5) is 46.6. The van der Waals surface area contributed by atoms with E-state index in [1.807, 2.05) is 0 Å². The van der Waals surface area contributed by atoms with E-state index < -0.39 is 61.2 Å². The zero-order valence-corrected chi connectivity index (χ0v) is 19.2. The van der Waals surface area contributed by atoms with Crippen molar-refractivity contribution >= 4 is 57.5 Å². The van der Waals surface area contributed by atoms with E-state index >= 15 is 0 Å². The van der Waals surface area contributed by atoms with Crippen LogP contribution < -0.4 is 26.2 Å². The molecule has 0 saturated carbocycles. The van der Waals surface area contributed by atoms with E-state index in [0.717, 1.165) is 12.1 Å². The Morgan fingerprint density at radius 3 is 2.35 bits per heavy atom. The normalized spacial score (nSPS) is 13.4. The van der Waals surface area contributed by atoms with Crippen LogP contribution in [-0.4, -0.2) is 50.6 Å². The van der Waals surface area contributed by atoms with E-state index in [0.29, 0.717) is 0 Å². The number of hydrogen-bond donors (Lipinski definition) is 3. The van der Waals surface area contributed by atoms with Crippen molar-refractivity contribution in [1.82, 2.24) is 0 Å². The van der Waals surface area contributed by atoms with Crippen LogP contribution in [-0.2, 0) is 4.74 Å². The average Bonchev–Trinajstić information content (AvgIpc) is 2.81. The van der Waals surface area contributed by atoms with E-state index in [1.165, 1.54) is 18.2 Å². The first-order valence-electron chi connectivity index (χ1n) is 9.55. The molecule has 1 aromatic carbocycles. The summed E-state index contributed by atoms with van der Waals surface area (Å²) in [5.74, 6) is -3.23. The lowest BCUT2D eigenvalue weighted by molar-refractivity contribution is 0.0539. The molecule has 1 aliphatic heterocycles. The monoisotopic (exact) mass is 582 g/mol. The average molecular weight is 582 g/mol. The summed E-state index contributed by atoms with van der Waals surface area (Å²) >= 11 is -0.690. The van der Waals surface area contributed by atoms with Crippen molar-refractivity contribution in [2.75, 3.05) is 13.2 Å². The Hall–Kier alpha value is -3.78. The van der Waals surface area contributed by atoms with Gasteiger partial charge in [0.25, 0.3) is 0 Å². The second-order valence-corrected chi connectivity index (χ2v) is 8.91. The maximum Gasteiger partial charge on any atom is 0.371 e. The summed E-state index contributed by atoms with van der Waals surface area (Å²) in [5, 5.41) is 28.5. The van der Waals surface area contributed by atoms with Crippen molar-refractivity contribution in [2.45, 2.75) is 6.10 Å². The summed E-state index contributed by atoms with van der Waals surface area (Å²) in [6, 6.07) is 5.94. The summed E-state index contributed by atoms with van der Waals surface area (Å²) in [7, 11) is 0. The molecule has 1 atom stereocenters. The van der Waals surface area contributed by atoms with Crippen LogP contribution in [0.1, 0.15) is 21.1 Å². The summed E-state index contributed by atoms with van der Waals surface area (Å²) in [5.41, 5.74) is -0.923. The van der Waals surface area contributed by atoms with Gasteiger partial charge in [-0.3, -0.25) is 9.59 Å². The molecule has 176 valence electrons. The molecule has 3 heterocycles. The fraction of sp³-hybridized carbons (Fsp3) is 0.136. The number of aliphatic hydroxyl groups excluding tert-OH is 1. The fourth-order valence-corrected chi connectivity index (χ4v) is 4.76. The van der Waals surface area contributed by atoms with Gasteiger partial charge in [-0.25, -0.2) is 9.59 Å². The predicted molar refractivity (Wildman–Crippen MR) is 126 cm³/mol. The molecule has 0 fully saturated rings. The molecule has 4 rings (SSSR count). The number of halogens is 1. The van der Waals surface area contributed by atoms with E-state index in [9.17, 15) is 24.3 Å². The lowest BCUT2D eigenvalue weighted by Crippen LogP contribution is -2.43. The van der Waals surface area contributed by atoms with Gasteiger partial charge in [0.05, 0.1) is 5.39 Å². The van der Waals surface area contributed by atoms with Crippen molar-refractivity contribution in [2.24, 2.45) is 0 Å². The molecule has 0 saturated heterocycles. The van der Waals surface area contributed by atoms with Crippen molar-refractivity contribution in [3.05, 3.63) is 72.9 Å². The third kappa shape index (κ3) is 4.92. The van der Waals surface area contributed by atoms with Gasteiger partial charge in [-0.1, -0.05) is 20.7 Å². The molecule has 2 aromatic heterocycles. The Balaban J connectivity index is 1.46. The van der Waals surface area contributed by atoms with Crippen LogP contribution in [0.5, 0.6) is 5.75 Å². The molecule has 0 radical (unpaired) electrons. The SMILES string of the molecule is O=C(O)c1cc(=O)c2c(o1)=CI=CC=2OCC(O)COc1ccc2oc(C(=O)O)cc(=O)c2c1. The smallest absolute Gasteiger partial charge is 0.371 e. The molecular weight excluding hydrogens is 567 g/mol. The van der Waals surface area contributed by atoms with Gasteiger partial charge in [-0.15, -0.1) is 0 Å². The molecule has 1 unspecified atom stereocenters. The van der Waals surface area contributed by atoms with Crippen molar-refractivity contribution < 1.29 is 43.2 Å². The first-order chi connectivity index (χ1) is 16.2. The van der Waals surface area contributed by atoms with Gasteiger partial charge in [0, 0.05) is 20.2 Å². The van der Waals surface area contributed by atoms with Crippen LogP contribution in [0.2, 0.25) is 0 Å². The number of carboxylic acids is 2. The molecular formula is C22H15IO11. The molecule has 3 N–H and O–H groups in total. The van der Waals surface area contributed by atoms with Gasteiger partial charge < -0.3 is 33.6 Å². The number of fused-ring (bicyclic) bond motifs is 2. The number of hydrogen-bond acceptors (Lipinski definition) is 9. The highest BCUT2D eigenvalue weighted by molar-refractivity contribution is 14.2. The number of carboxylic acid groups (broad SMARTS) is 2. The Labute approximate surface area is 198 Å².